The van der Waals surface area contributed by atoms with Gasteiger partial charge in [0.05, 0.1) is 6.42 Å². The van der Waals surface area contributed by atoms with Crippen molar-refractivity contribution in [1.29, 1.82) is 0 Å². The van der Waals surface area contributed by atoms with Gasteiger partial charge in [-0.2, -0.15) is 0 Å². The van der Waals surface area contributed by atoms with Crippen LogP contribution in [-0.4, -0.2) is 18.4 Å². The van der Waals surface area contributed by atoms with Crippen molar-refractivity contribution in [2.45, 2.75) is 6.42 Å². The molecule has 1 aromatic carbocycles. The van der Waals surface area contributed by atoms with Gasteiger partial charge in [-0.25, -0.2) is 0 Å². The van der Waals surface area contributed by atoms with E-state index in [-0.39, 0.29) is 13.0 Å². The standard InChI is InChI=1S/C10H10N4O2/c11-14-12-7-10(16)13-9(15)6-8-4-2-1-3-5-8/h1-5H,6-7H2,(H,13,15,16). The van der Waals surface area contributed by atoms with Gasteiger partial charge in [-0.3, -0.25) is 14.9 Å². The van der Waals surface area contributed by atoms with Crippen molar-refractivity contribution >= 4 is 11.8 Å². The van der Waals surface area contributed by atoms with Gasteiger partial charge in [0.25, 0.3) is 0 Å². The zero-order valence-corrected chi connectivity index (χ0v) is 8.46. The lowest BCUT2D eigenvalue weighted by Gasteiger charge is -2.01. The summed E-state index contributed by atoms with van der Waals surface area (Å²) >= 11 is 0. The molecule has 0 aliphatic heterocycles. The van der Waals surface area contributed by atoms with E-state index in [1.54, 1.807) is 12.1 Å². The molecule has 0 aliphatic carbocycles. The van der Waals surface area contributed by atoms with Crippen LogP contribution in [0.5, 0.6) is 0 Å². The smallest absolute Gasteiger partial charge is 0.232 e. The molecule has 0 heterocycles. The summed E-state index contributed by atoms with van der Waals surface area (Å²) in [6, 6.07) is 9.04. The third-order valence-corrected chi connectivity index (χ3v) is 1.76. The lowest BCUT2D eigenvalue weighted by Crippen LogP contribution is -2.33. The Morgan fingerprint density at radius 2 is 1.94 bits per heavy atom. The minimum absolute atomic E-state index is 0.128. The third-order valence-electron chi connectivity index (χ3n) is 1.76. The average molecular weight is 218 g/mol. The molecule has 16 heavy (non-hydrogen) atoms. The van der Waals surface area contributed by atoms with Gasteiger partial charge in [-0.1, -0.05) is 35.4 Å². The average Bonchev–Trinajstić information content (AvgIpc) is 2.27. The van der Waals surface area contributed by atoms with Crippen molar-refractivity contribution in [1.82, 2.24) is 5.32 Å². The van der Waals surface area contributed by atoms with Crippen LogP contribution in [-0.2, 0) is 16.0 Å². The van der Waals surface area contributed by atoms with E-state index >= 15 is 0 Å². The Labute approximate surface area is 91.9 Å². The predicted octanol–water partition coefficient (Wildman–Crippen LogP) is 1.18. The number of nitrogens with one attached hydrogen (secondary N) is 1. The predicted molar refractivity (Wildman–Crippen MR) is 57.3 cm³/mol. The van der Waals surface area contributed by atoms with Crippen molar-refractivity contribution in [3.63, 3.8) is 0 Å². The molecule has 0 spiro atoms. The number of benzene rings is 1. The highest BCUT2D eigenvalue weighted by molar-refractivity contribution is 5.96. The highest BCUT2D eigenvalue weighted by atomic mass is 16.2. The Bertz CT molecular complexity index is 424. The number of hydrogen-bond donors (Lipinski definition) is 1. The van der Waals surface area contributed by atoms with Crippen LogP contribution in [0.4, 0.5) is 0 Å². The first kappa shape index (κ1) is 11.7. The Morgan fingerprint density at radius 3 is 2.56 bits per heavy atom. The molecule has 6 nitrogen and oxygen atoms in total. The number of nitrogens with zero attached hydrogens (tertiary/aromatic N) is 3. The molecule has 0 bridgehead atoms. The maximum absolute atomic E-state index is 11.3. The van der Waals surface area contributed by atoms with Crippen LogP contribution >= 0.6 is 0 Å². The topological polar surface area (TPSA) is 94.9 Å². The number of carbonyl (C=O) groups is 2. The van der Waals surface area contributed by atoms with Gasteiger partial charge in [0.1, 0.15) is 6.54 Å². The van der Waals surface area contributed by atoms with E-state index in [0.29, 0.717) is 0 Å². The third kappa shape index (κ3) is 4.26. The monoisotopic (exact) mass is 218 g/mol. The van der Waals surface area contributed by atoms with E-state index in [1.165, 1.54) is 0 Å². The van der Waals surface area contributed by atoms with E-state index < -0.39 is 11.8 Å². The Morgan fingerprint density at radius 1 is 1.25 bits per heavy atom. The van der Waals surface area contributed by atoms with Gasteiger partial charge in [-0.15, -0.1) is 0 Å². The van der Waals surface area contributed by atoms with Gasteiger partial charge in [0.15, 0.2) is 0 Å². The Kier molecular flexibility index (Phi) is 4.56. The molecule has 1 N–H and O–H groups in total. The molecule has 0 fully saturated rings. The van der Waals surface area contributed by atoms with Crippen LogP contribution in [0.2, 0.25) is 0 Å². The molecule has 0 atom stereocenters. The lowest BCUT2D eigenvalue weighted by atomic mass is 10.1. The minimum Gasteiger partial charge on any atom is -0.296 e. The number of rotatable bonds is 4. The summed E-state index contributed by atoms with van der Waals surface area (Å²) in [7, 11) is 0. The fraction of sp³-hybridized carbons (Fsp3) is 0.200. The first-order valence-electron chi connectivity index (χ1n) is 4.60. The van der Waals surface area contributed by atoms with Gasteiger partial charge < -0.3 is 0 Å². The zero-order chi connectivity index (χ0) is 11.8. The summed E-state index contributed by atoms with van der Waals surface area (Å²) in [6.45, 7) is -0.364. The van der Waals surface area contributed by atoms with Crippen molar-refractivity contribution in [2.75, 3.05) is 6.54 Å². The Hall–Kier alpha value is -2.33. The largest absolute Gasteiger partial charge is 0.296 e. The number of azide groups is 1. The fourth-order valence-corrected chi connectivity index (χ4v) is 1.12. The molecule has 1 rings (SSSR count). The fourth-order valence-electron chi connectivity index (χ4n) is 1.12. The molecule has 2 amide bonds. The number of amides is 2. The number of carbonyl (C=O) groups excluding carboxylic acids is 2. The van der Waals surface area contributed by atoms with Crippen LogP contribution in [0.3, 0.4) is 0 Å². The summed E-state index contributed by atoms with van der Waals surface area (Å²) in [6.07, 6.45) is 0.128. The summed E-state index contributed by atoms with van der Waals surface area (Å²) < 4.78 is 0. The molecule has 0 radical (unpaired) electrons. The van der Waals surface area contributed by atoms with E-state index in [4.69, 9.17) is 5.53 Å². The quantitative estimate of drug-likeness (QED) is 0.466. The summed E-state index contributed by atoms with van der Waals surface area (Å²) in [5.41, 5.74) is 8.79. The van der Waals surface area contributed by atoms with E-state index in [9.17, 15) is 9.59 Å². The zero-order valence-electron chi connectivity index (χ0n) is 8.46. The van der Waals surface area contributed by atoms with Crippen LogP contribution in [0.25, 0.3) is 10.4 Å². The molecule has 1 aromatic rings. The lowest BCUT2D eigenvalue weighted by molar-refractivity contribution is -0.129. The van der Waals surface area contributed by atoms with E-state index in [1.807, 2.05) is 18.2 Å². The van der Waals surface area contributed by atoms with E-state index in [0.717, 1.165) is 5.56 Å². The second kappa shape index (κ2) is 6.21. The maximum atomic E-state index is 11.3. The van der Waals surface area contributed by atoms with Gasteiger partial charge in [0, 0.05) is 4.91 Å². The van der Waals surface area contributed by atoms with Crippen molar-refractivity contribution in [3.8, 4) is 0 Å². The summed E-state index contributed by atoms with van der Waals surface area (Å²) in [4.78, 5) is 24.7. The summed E-state index contributed by atoms with van der Waals surface area (Å²) in [5, 5.41) is 5.17. The molecule has 0 aliphatic rings. The molecule has 82 valence electrons. The van der Waals surface area contributed by atoms with Crippen LogP contribution in [0, 0.1) is 0 Å². The van der Waals surface area contributed by atoms with Gasteiger partial charge in [0.2, 0.25) is 11.8 Å². The molecule has 6 heteroatoms. The van der Waals surface area contributed by atoms with Crippen LogP contribution in [0.15, 0.2) is 35.4 Å². The van der Waals surface area contributed by atoms with E-state index in [2.05, 4.69) is 15.3 Å². The van der Waals surface area contributed by atoms with Crippen LogP contribution < -0.4 is 5.32 Å². The number of imide groups is 1. The van der Waals surface area contributed by atoms with Gasteiger partial charge in [-0.05, 0) is 11.1 Å². The highest BCUT2D eigenvalue weighted by Gasteiger charge is 2.06. The molecule has 0 saturated heterocycles. The first-order valence-corrected chi connectivity index (χ1v) is 4.60. The van der Waals surface area contributed by atoms with Crippen molar-refractivity contribution in [2.24, 2.45) is 5.11 Å². The van der Waals surface area contributed by atoms with Gasteiger partial charge >= 0.3 is 0 Å². The maximum Gasteiger partial charge on any atom is 0.232 e. The van der Waals surface area contributed by atoms with Crippen molar-refractivity contribution in [3.05, 3.63) is 46.3 Å². The van der Waals surface area contributed by atoms with Crippen LogP contribution in [0.1, 0.15) is 5.56 Å². The molecular weight excluding hydrogens is 208 g/mol. The second-order valence-electron chi connectivity index (χ2n) is 3.02. The van der Waals surface area contributed by atoms with Crippen molar-refractivity contribution < 1.29 is 9.59 Å². The molecule has 0 unspecified atom stereocenters. The normalized spacial score (nSPS) is 9.00. The summed E-state index contributed by atoms with van der Waals surface area (Å²) in [5.74, 6) is -1.01. The molecule has 0 saturated carbocycles. The molecular formula is C10H10N4O2. The highest BCUT2D eigenvalue weighted by Crippen LogP contribution is 1.98. The minimum atomic E-state index is -0.598. The SMILES string of the molecule is [N-]=[N+]=NCC(=O)NC(=O)Cc1ccccc1. The second-order valence-corrected chi connectivity index (χ2v) is 3.02. The first-order chi connectivity index (χ1) is 7.72. The Balaban J connectivity index is 2.42. The number of hydrogen-bond acceptors (Lipinski definition) is 3. The molecule has 0 aromatic heterocycles.